The molecule has 0 amide bonds. The fourth-order valence-electron chi connectivity index (χ4n) is 1.58. The highest BCUT2D eigenvalue weighted by Crippen LogP contribution is 2.24. The van der Waals surface area contributed by atoms with Crippen LogP contribution in [0.4, 0.5) is 0 Å². The molecule has 1 unspecified atom stereocenters. The molecule has 0 fully saturated rings. The smallest absolute Gasteiger partial charge is 0.175 e. The maximum absolute atomic E-state index is 11.3. The largest absolute Gasteiger partial charge is 0.452 e. The zero-order valence-electron chi connectivity index (χ0n) is 9.63. The molecule has 0 aliphatic carbocycles. The van der Waals surface area contributed by atoms with Gasteiger partial charge in [-0.25, -0.2) is 8.42 Å². The molecule has 0 bridgehead atoms. The van der Waals surface area contributed by atoms with Crippen molar-refractivity contribution in [2.24, 2.45) is 5.73 Å². The number of rotatable bonds is 3. The lowest BCUT2D eigenvalue weighted by molar-refractivity contribution is 0.470. The Morgan fingerprint density at radius 1 is 1.17 bits per heavy atom. The molecule has 0 saturated carbocycles. The maximum atomic E-state index is 11.3. The molecule has 2 aromatic rings. The fourth-order valence-corrected chi connectivity index (χ4v) is 2.53. The highest BCUT2D eigenvalue weighted by atomic mass is 79.9. The van der Waals surface area contributed by atoms with Gasteiger partial charge >= 0.3 is 0 Å². The van der Waals surface area contributed by atoms with Crippen molar-refractivity contribution in [3.8, 4) is 0 Å². The first-order valence-electron chi connectivity index (χ1n) is 5.19. The lowest BCUT2D eigenvalue weighted by Crippen LogP contribution is -2.11. The Bertz CT molecular complexity index is 646. The number of hydrogen-bond acceptors (Lipinski definition) is 4. The molecule has 1 aromatic heterocycles. The molecule has 2 rings (SSSR count). The first kappa shape index (κ1) is 13.3. The van der Waals surface area contributed by atoms with Crippen molar-refractivity contribution < 1.29 is 12.8 Å². The molecular formula is C12H12BrNO3S. The predicted molar refractivity (Wildman–Crippen MR) is 72.0 cm³/mol. The molecule has 0 aliphatic heterocycles. The number of sulfone groups is 1. The number of halogens is 1. The van der Waals surface area contributed by atoms with E-state index in [0.29, 0.717) is 10.4 Å². The van der Waals surface area contributed by atoms with Crippen molar-refractivity contribution in [3.63, 3.8) is 0 Å². The van der Waals surface area contributed by atoms with Crippen molar-refractivity contribution in [1.29, 1.82) is 0 Å². The van der Waals surface area contributed by atoms with Crippen LogP contribution in [0.5, 0.6) is 0 Å². The number of benzene rings is 1. The van der Waals surface area contributed by atoms with Gasteiger partial charge in [-0.1, -0.05) is 12.1 Å². The molecule has 0 radical (unpaired) electrons. The summed E-state index contributed by atoms with van der Waals surface area (Å²) in [5, 5.41) is 0. The number of nitrogens with two attached hydrogens (primary N) is 1. The molecule has 96 valence electrons. The van der Waals surface area contributed by atoms with Crippen LogP contribution in [-0.2, 0) is 9.84 Å². The van der Waals surface area contributed by atoms with Gasteiger partial charge in [0.2, 0.25) is 0 Å². The molecule has 0 saturated heterocycles. The van der Waals surface area contributed by atoms with Gasteiger partial charge < -0.3 is 10.2 Å². The summed E-state index contributed by atoms with van der Waals surface area (Å²) >= 11 is 3.21. The quantitative estimate of drug-likeness (QED) is 0.938. The monoisotopic (exact) mass is 329 g/mol. The highest BCUT2D eigenvalue weighted by molar-refractivity contribution is 9.10. The van der Waals surface area contributed by atoms with Crippen LogP contribution in [0.2, 0.25) is 0 Å². The minimum Gasteiger partial charge on any atom is -0.452 e. The summed E-state index contributed by atoms with van der Waals surface area (Å²) in [6, 6.07) is 9.60. The van der Waals surface area contributed by atoms with E-state index in [9.17, 15) is 8.42 Å². The Balaban J connectivity index is 2.30. The first-order valence-corrected chi connectivity index (χ1v) is 7.87. The topological polar surface area (TPSA) is 73.3 Å². The molecule has 1 heterocycles. The van der Waals surface area contributed by atoms with E-state index in [1.54, 1.807) is 36.4 Å². The second kappa shape index (κ2) is 4.87. The normalized spacial score (nSPS) is 13.5. The third-order valence-corrected chi connectivity index (χ3v) is 4.12. The Labute approximate surface area is 114 Å². The fraction of sp³-hybridized carbons (Fsp3) is 0.167. The van der Waals surface area contributed by atoms with E-state index in [1.807, 2.05) is 0 Å². The molecule has 1 aromatic carbocycles. The van der Waals surface area contributed by atoms with E-state index in [4.69, 9.17) is 10.2 Å². The third-order valence-electron chi connectivity index (χ3n) is 2.57. The van der Waals surface area contributed by atoms with Crippen LogP contribution < -0.4 is 5.73 Å². The summed E-state index contributed by atoms with van der Waals surface area (Å²) in [6.07, 6.45) is 1.17. The van der Waals surface area contributed by atoms with E-state index in [-0.39, 0.29) is 4.90 Å². The SMILES string of the molecule is CS(=O)(=O)c1ccc(C(N)c2ccc(Br)o2)cc1. The minimum absolute atomic E-state index is 0.277. The van der Waals surface area contributed by atoms with Crippen LogP contribution in [0.25, 0.3) is 0 Å². The summed E-state index contributed by atoms with van der Waals surface area (Å²) in [5.74, 6) is 0.619. The second-order valence-corrected chi connectivity index (χ2v) is 6.76. The van der Waals surface area contributed by atoms with Crippen molar-refractivity contribution in [2.75, 3.05) is 6.26 Å². The molecule has 6 heteroatoms. The van der Waals surface area contributed by atoms with Crippen LogP contribution in [-0.4, -0.2) is 14.7 Å². The van der Waals surface area contributed by atoms with Crippen LogP contribution in [0, 0.1) is 0 Å². The average molecular weight is 330 g/mol. The standard InChI is InChI=1S/C12H12BrNO3S/c1-18(15,16)9-4-2-8(3-5-9)12(14)10-6-7-11(13)17-10/h2-7,12H,14H2,1H3. The van der Waals surface area contributed by atoms with Crippen molar-refractivity contribution in [2.45, 2.75) is 10.9 Å². The van der Waals surface area contributed by atoms with Gasteiger partial charge in [0, 0.05) is 6.26 Å². The lowest BCUT2D eigenvalue weighted by Gasteiger charge is -2.09. The predicted octanol–water partition coefficient (Wildman–Crippen LogP) is 2.49. The van der Waals surface area contributed by atoms with Gasteiger partial charge in [0.15, 0.2) is 14.5 Å². The van der Waals surface area contributed by atoms with Crippen molar-refractivity contribution in [1.82, 2.24) is 0 Å². The third kappa shape index (κ3) is 2.82. The zero-order valence-corrected chi connectivity index (χ0v) is 12.0. The average Bonchev–Trinajstić information content (AvgIpc) is 2.74. The lowest BCUT2D eigenvalue weighted by atomic mass is 10.1. The second-order valence-electron chi connectivity index (χ2n) is 3.96. The molecule has 4 nitrogen and oxygen atoms in total. The summed E-state index contributed by atoms with van der Waals surface area (Å²) < 4.78 is 28.6. The molecule has 0 aliphatic rings. The molecule has 0 spiro atoms. The Morgan fingerprint density at radius 3 is 2.22 bits per heavy atom. The molecule has 1 atom stereocenters. The Kier molecular flexibility index (Phi) is 3.61. The highest BCUT2D eigenvalue weighted by Gasteiger charge is 2.14. The van der Waals surface area contributed by atoms with Crippen molar-refractivity contribution in [3.05, 3.63) is 52.4 Å². The summed E-state index contributed by atoms with van der Waals surface area (Å²) in [5.41, 5.74) is 6.82. The van der Waals surface area contributed by atoms with Gasteiger partial charge in [-0.3, -0.25) is 0 Å². The molecular weight excluding hydrogens is 318 g/mol. The van der Waals surface area contributed by atoms with Gasteiger partial charge in [-0.05, 0) is 45.8 Å². The van der Waals surface area contributed by atoms with E-state index < -0.39 is 15.9 Å². The summed E-state index contributed by atoms with van der Waals surface area (Å²) in [7, 11) is -3.18. The minimum atomic E-state index is -3.18. The van der Waals surface area contributed by atoms with E-state index >= 15 is 0 Å². The van der Waals surface area contributed by atoms with E-state index in [0.717, 1.165) is 5.56 Å². The van der Waals surface area contributed by atoms with Gasteiger partial charge in [0.1, 0.15) is 5.76 Å². The van der Waals surface area contributed by atoms with Gasteiger partial charge in [-0.2, -0.15) is 0 Å². The maximum Gasteiger partial charge on any atom is 0.175 e. The van der Waals surface area contributed by atoms with Crippen LogP contribution in [0.15, 0.2) is 50.4 Å². The first-order chi connectivity index (χ1) is 8.38. The Hall–Kier alpha value is -1.11. The molecule has 2 N–H and O–H groups in total. The van der Waals surface area contributed by atoms with Crippen LogP contribution in [0.3, 0.4) is 0 Å². The van der Waals surface area contributed by atoms with Crippen molar-refractivity contribution >= 4 is 25.8 Å². The van der Waals surface area contributed by atoms with Crippen LogP contribution in [0.1, 0.15) is 17.4 Å². The van der Waals surface area contributed by atoms with Gasteiger partial charge in [0.05, 0.1) is 10.9 Å². The number of hydrogen-bond donors (Lipinski definition) is 1. The van der Waals surface area contributed by atoms with Gasteiger partial charge in [-0.15, -0.1) is 0 Å². The summed E-state index contributed by atoms with van der Waals surface area (Å²) in [4.78, 5) is 0.277. The van der Waals surface area contributed by atoms with E-state index in [2.05, 4.69) is 15.9 Å². The van der Waals surface area contributed by atoms with Gasteiger partial charge in [0.25, 0.3) is 0 Å². The molecule has 18 heavy (non-hydrogen) atoms. The van der Waals surface area contributed by atoms with E-state index in [1.165, 1.54) is 6.26 Å². The zero-order chi connectivity index (χ0) is 13.3. The van der Waals surface area contributed by atoms with Crippen LogP contribution >= 0.6 is 15.9 Å². The Morgan fingerprint density at radius 2 is 1.78 bits per heavy atom. The summed E-state index contributed by atoms with van der Waals surface area (Å²) in [6.45, 7) is 0. The number of furan rings is 1.